The van der Waals surface area contributed by atoms with Crippen LogP contribution in [0.5, 0.6) is 0 Å². The fourth-order valence-corrected chi connectivity index (χ4v) is 2.95. The maximum absolute atomic E-state index is 11.7. The Bertz CT molecular complexity index is 327. The second-order valence-electron chi connectivity index (χ2n) is 4.21. The number of amides is 1. The molecule has 0 aromatic carbocycles. The third-order valence-electron chi connectivity index (χ3n) is 2.82. The van der Waals surface area contributed by atoms with Crippen LogP contribution in [0.4, 0.5) is 0 Å². The number of carbonyl (C=O) groups excluding carboxylic acids is 1. The standard InChI is InChI=1S/C11H19NO5S/c1-2-9(11(14)15)18(16)7-10(13)12-8-3-5-17-6-4-8/h8-9H,2-7H2,1H3,(H,12,13)(H,14,15). The summed E-state index contributed by atoms with van der Waals surface area (Å²) in [5.41, 5.74) is 0. The number of hydrogen-bond donors (Lipinski definition) is 2. The molecule has 6 nitrogen and oxygen atoms in total. The summed E-state index contributed by atoms with van der Waals surface area (Å²) in [7, 11) is -1.67. The molecule has 1 rings (SSSR count). The number of carbonyl (C=O) groups is 2. The van der Waals surface area contributed by atoms with Gasteiger partial charge in [0.25, 0.3) is 0 Å². The first-order valence-electron chi connectivity index (χ1n) is 6.01. The Balaban J connectivity index is 2.38. The molecule has 0 aromatic heterocycles. The van der Waals surface area contributed by atoms with E-state index < -0.39 is 22.0 Å². The SMILES string of the molecule is CCC(C(=O)O)S(=O)CC(=O)NC1CCOCC1. The van der Waals surface area contributed by atoms with E-state index in [2.05, 4.69) is 5.32 Å². The molecule has 7 heteroatoms. The summed E-state index contributed by atoms with van der Waals surface area (Å²) in [6, 6.07) is 0.0492. The third kappa shape index (κ3) is 4.73. The minimum atomic E-state index is -1.67. The zero-order valence-corrected chi connectivity index (χ0v) is 11.2. The zero-order valence-electron chi connectivity index (χ0n) is 10.4. The van der Waals surface area contributed by atoms with Crippen molar-refractivity contribution >= 4 is 22.7 Å². The van der Waals surface area contributed by atoms with Gasteiger partial charge in [-0.3, -0.25) is 13.8 Å². The first-order chi connectivity index (χ1) is 8.54. The van der Waals surface area contributed by atoms with Crippen LogP contribution in [0.2, 0.25) is 0 Å². The quantitative estimate of drug-likeness (QED) is 0.707. The molecule has 1 amide bonds. The van der Waals surface area contributed by atoms with Gasteiger partial charge in [-0.1, -0.05) is 6.92 Å². The third-order valence-corrected chi connectivity index (χ3v) is 4.54. The lowest BCUT2D eigenvalue weighted by atomic mass is 10.1. The Hall–Kier alpha value is -0.950. The van der Waals surface area contributed by atoms with Crippen LogP contribution >= 0.6 is 0 Å². The molecule has 0 radical (unpaired) electrons. The van der Waals surface area contributed by atoms with Crippen LogP contribution in [-0.4, -0.2) is 51.5 Å². The van der Waals surface area contributed by atoms with Gasteiger partial charge in [0.1, 0.15) is 11.0 Å². The molecule has 2 unspecified atom stereocenters. The van der Waals surface area contributed by atoms with E-state index in [0.717, 1.165) is 12.8 Å². The second kappa shape index (κ2) is 7.48. The van der Waals surface area contributed by atoms with Crippen molar-refractivity contribution in [1.82, 2.24) is 5.32 Å². The van der Waals surface area contributed by atoms with E-state index in [1.807, 2.05) is 0 Å². The molecule has 1 heterocycles. The zero-order chi connectivity index (χ0) is 13.5. The Morgan fingerprint density at radius 1 is 1.44 bits per heavy atom. The number of carboxylic acids is 1. The highest BCUT2D eigenvalue weighted by molar-refractivity contribution is 7.87. The molecule has 1 aliphatic heterocycles. The van der Waals surface area contributed by atoms with Gasteiger partial charge in [0, 0.05) is 30.1 Å². The lowest BCUT2D eigenvalue weighted by Gasteiger charge is -2.23. The molecule has 2 atom stereocenters. The van der Waals surface area contributed by atoms with Gasteiger partial charge in [0.15, 0.2) is 0 Å². The monoisotopic (exact) mass is 277 g/mol. The molecule has 2 N–H and O–H groups in total. The number of nitrogens with one attached hydrogen (secondary N) is 1. The second-order valence-corrected chi connectivity index (χ2v) is 5.83. The topological polar surface area (TPSA) is 92.7 Å². The van der Waals surface area contributed by atoms with Crippen molar-refractivity contribution in [3.05, 3.63) is 0 Å². The van der Waals surface area contributed by atoms with Crippen LogP contribution in [0.1, 0.15) is 26.2 Å². The molecule has 0 spiro atoms. The van der Waals surface area contributed by atoms with E-state index in [1.165, 1.54) is 0 Å². The maximum Gasteiger partial charge on any atom is 0.319 e. The summed E-state index contributed by atoms with van der Waals surface area (Å²) in [4.78, 5) is 22.4. The summed E-state index contributed by atoms with van der Waals surface area (Å²) in [5.74, 6) is -1.71. The van der Waals surface area contributed by atoms with Gasteiger partial charge in [-0.15, -0.1) is 0 Å². The summed E-state index contributed by atoms with van der Waals surface area (Å²) in [5, 5.41) is 10.6. The number of rotatable bonds is 6. The van der Waals surface area contributed by atoms with Crippen molar-refractivity contribution in [1.29, 1.82) is 0 Å². The lowest BCUT2D eigenvalue weighted by molar-refractivity contribution is -0.136. The first kappa shape index (κ1) is 15.1. The van der Waals surface area contributed by atoms with Gasteiger partial charge in [0.2, 0.25) is 5.91 Å². The lowest BCUT2D eigenvalue weighted by Crippen LogP contribution is -2.42. The van der Waals surface area contributed by atoms with Gasteiger partial charge in [-0.05, 0) is 19.3 Å². The van der Waals surface area contributed by atoms with E-state index >= 15 is 0 Å². The molecule has 1 aliphatic rings. The van der Waals surface area contributed by atoms with Gasteiger partial charge in [-0.2, -0.15) is 0 Å². The van der Waals surface area contributed by atoms with E-state index in [0.29, 0.717) is 13.2 Å². The predicted molar refractivity (Wildman–Crippen MR) is 66.7 cm³/mol. The Labute approximate surface area is 109 Å². The number of carboxylic acid groups (broad SMARTS) is 1. The van der Waals surface area contributed by atoms with Crippen molar-refractivity contribution in [3.8, 4) is 0 Å². The molecule has 104 valence electrons. The normalized spacial score (nSPS) is 20.1. The van der Waals surface area contributed by atoms with Crippen LogP contribution in [0.3, 0.4) is 0 Å². The van der Waals surface area contributed by atoms with Crippen molar-refractivity contribution in [2.75, 3.05) is 19.0 Å². The molecule has 1 saturated heterocycles. The van der Waals surface area contributed by atoms with Crippen LogP contribution in [0.25, 0.3) is 0 Å². The largest absolute Gasteiger partial charge is 0.480 e. The summed E-state index contributed by atoms with van der Waals surface area (Å²) in [6.45, 7) is 2.87. The molecule has 18 heavy (non-hydrogen) atoms. The highest BCUT2D eigenvalue weighted by Crippen LogP contribution is 2.07. The van der Waals surface area contributed by atoms with E-state index in [4.69, 9.17) is 9.84 Å². The fraction of sp³-hybridized carbons (Fsp3) is 0.818. The van der Waals surface area contributed by atoms with E-state index in [-0.39, 0.29) is 24.1 Å². The van der Waals surface area contributed by atoms with Crippen molar-refractivity contribution < 1.29 is 23.6 Å². The van der Waals surface area contributed by atoms with Crippen molar-refractivity contribution in [3.63, 3.8) is 0 Å². The van der Waals surface area contributed by atoms with Crippen LogP contribution in [0.15, 0.2) is 0 Å². The minimum absolute atomic E-state index is 0.0492. The minimum Gasteiger partial charge on any atom is -0.480 e. The number of hydrogen-bond acceptors (Lipinski definition) is 4. The van der Waals surface area contributed by atoms with Gasteiger partial charge >= 0.3 is 5.97 Å². The molecule has 0 bridgehead atoms. The Morgan fingerprint density at radius 2 is 2.06 bits per heavy atom. The van der Waals surface area contributed by atoms with E-state index in [1.54, 1.807) is 6.92 Å². The molecule has 0 aliphatic carbocycles. The predicted octanol–water partition coefficient (Wildman–Crippen LogP) is -0.106. The highest BCUT2D eigenvalue weighted by atomic mass is 32.2. The van der Waals surface area contributed by atoms with E-state index in [9.17, 15) is 13.8 Å². The van der Waals surface area contributed by atoms with Crippen LogP contribution in [-0.2, 0) is 25.1 Å². The molecule has 0 aromatic rings. The van der Waals surface area contributed by atoms with Crippen molar-refractivity contribution in [2.45, 2.75) is 37.5 Å². The van der Waals surface area contributed by atoms with Gasteiger partial charge in [0.05, 0.1) is 0 Å². The number of ether oxygens (including phenoxy) is 1. The Kier molecular flexibility index (Phi) is 6.28. The molecule has 0 saturated carbocycles. The smallest absolute Gasteiger partial charge is 0.319 e. The first-order valence-corrected chi connectivity index (χ1v) is 7.40. The Morgan fingerprint density at radius 3 is 2.56 bits per heavy atom. The molecular formula is C11H19NO5S. The fourth-order valence-electron chi connectivity index (χ4n) is 1.81. The van der Waals surface area contributed by atoms with Gasteiger partial charge < -0.3 is 15.2 Å². The van der Waals surface area contributed by atoms with Crippen molar-refractivity contribution in [2.24, 2.45) is 0 Å². The summed E-state index contributed by atoms with van der Waals surface area (Å²) in [6.07, 6.45) is 1.75. The average Bonchev–Trinajstić information content (AvgIpc) is 2.30. The summed E-state index contributed by atoms with van der Waals surface area (Å²) < 4.78 is 16.9. The molecule has 1 fully saturated rings. The molecular weight excluding hydrogens is 258 g/mol. The van der Waals surface area contributed by atoms with Crippen LogP contribution < -0.4 is 5.32 Å². The van der Waals surface area contributed by atoms with Crippen LogP contribution in [0, 0.1) is 0 Å². The highest BCUT2D eigenvalue weighted by Gasteiger charge is 2.25. The van der Waals surface area contributed by atoms with Gasteiger partial charge in [-0.25, -0.2) is 0 Å². The average molecular weight is 277 g/mol. The number of aliphatic carboxylic acids is 1. The summed E-state index contributed by atoms with van der Waals surface area (Å²) >= 11 is 0. The maximum atomic E-state index is 11.7.